The number of benzene rings is 1. The number of carbonyl (C=O) groups is 1. The highest BCUT2D eigenvalue weighted by Gasteiger charge is 2.22. The lowest BCUT2D eigenvalue weighted by Gasteiger charge is -2.05. The van der Waals surface area contributed by atoms with Crippen molar-refractivity contribution < 1.29 is 18.5 Å². The van der Waals surface area contributed by atoms with E-state index in [4.69, 9.17) is 0 Å². The monoisotopic (exact) mass is 282 g/mol. The summed E-state index contributed by atoms with van der Waals surface area (Å²) in [4.78, 5) is 27.8. The first-order chi connectivity index (χ1) is 9.49. The van der Waals surface area contributed by atoms with Crippen LogP contribution in [0, 0.1) is 21.7 Å². The normalized spacial score (nSPS) is 10.3. The number of H-pyrrole nitrogens is 1. The zero-order valence-electron chi connectivity index (χ0n) is 9.89. The Kier molecular flexibility index (Phi) is 3.69. The van der Waals surface area contributed by atoms with Gasteiger partial charge in [-0.2, -0.15) is 4.39 Å². The molecule has 2 aromatic rings. The molecule has 0 saturated heterocycles. The van der Waals surface area contributed by atoms with Gasteiger partial charge in [0.05, 0.1) is 17.0 Å². The zero-order valence-corrected chi connectivity index (χ0v) is 9.89. The molecule has 0 radical (unpaired) electrons. The van der Waals surface area contributed by atoms with Crippen molar-refractivity contribution in [3.05, 3.63) is 57.7 Å². The van der Waals surface area contributed by atoms with E-state index in [1.54, 1.807) is 0 Å². The third-order valence-corrected chi connectivity index (χ3v) is 2.45. The molecule has 0 aliphatic carbocycles. The Labute approximate surface area is 110 Å². The highest BCUT2D eigenvalue weighted by molar-refractivity contribution is 5.95. The topological polar surface area (TPSA) is 101 Å². The van der Waals surface area contributed by atoms with Crippen LogP contribution in [-0.4, -0.2) is 20.8 Å². The molecule has 0 fully saturated rings. The number of hydrogen-bond acceptors (Lipinski definition) is 4. The fourth-order valence-corrected chi connectivity index (χ4v) is 1.51. The van der Waals surface area contributed by atoms with Crippen LogP contribution in [-0.2, 0) is 6.54 Å². The van der Waals surface area contributed by atoms with Gasteiger partial charge < -0.3 is 10.3 Å². The summed E-state index contributed by atoms with van der Waals surface area (Å²) < 4.78 is 26.6. The first-order valence-electron chi connectivity index (χ1n) is 5.39. The van der Waals surface area contributed by atoms with Gasteiger partial charge in [0.25, 0.3) is 5.91 Å². The summed E-state index contributed by atoms with van der Waals surface area (Å²) in [6.07, 6.45) is 3.00. The third-order valence-electron chi connectivity index (χ3n) is 2.45. The van der Waals surface area contributed by atoms with Crippen molar-refractivity contribution in [2.75, 3.05) is 0 Å². The highest BCUT2D eigenvalue weighted by Crippen LogP contribution is 2.21. The van der Waals surface area contributed by atoms with Gasteiger partial charge in [-0.05, 0) is 0 Å². The lowest BCUT2D eigenvalue weighted by Crippen LogP contribution is -2.24. The second-order valence-corrected chi connectivity index (χ2v) is 3.76. The van der Waals surface area contributed by atoms with Gasteiger partial charge in [0.15, 0.2) is 0 Å². The fourth-order valence-electron chi connectivity index (χ4n) is 1.51. The second-order valence-electron chi connectivity index (χ2n) is 3.76. The van der Waals surface area contributed by atoms with Crippen molar-refractivity contribution >= 4 is 11.6 Å². The Hall–Kier alpha value is -2.84. The largest absolute Gasteiger partial charge is 0.347 e. The SMILES string of the molecule is O=C(NCc1ncc[nH]1)c1cc([N+](=O)[O-])c(F)cc1F. The first kappa shape index (κ1) is 13.6. The van der Waals surface area contributed by atoms with E-state index in [1.165, 1.54) is 12.4 Å². The van der Waals surface area contributed by atoms with Crippen LogP contribution in [0.3, 0.4) is 0 Å². The number of nitrogens with zero attached hydrogens (tertiary/aromatic N) is 2. The summed E-state index contributed by atoms with van der Waals surface area (Å²) in [6.45, 7) is -0.0174. The maximum Gasteiger partial charge on any atom is 0.305 e. The molecule has 1 aromatic heterocycles. The number of imidazole rings is 1. The number of nitro groups is 1. The smallest absolute Gasteiger partial charge is 0.305 e. The lowest BCUT2D eigenvalue weighted by atomic mass is 10.1. The molecule has 1 aromatic carbocycles. The third kappa shape index (κ3) is 2.76. The number of aromatic nitrogens is 2. The van der Waals surface area contributed by atoms with Crippen molar-refractivity contribution in [3.63, 3.8) is 0 Å². The Bertz CT molecular complexity index is 658. The number of hydrogen-bond donors (Lipinski definition) is 2. The van der Waals surface area contributed by atoms with Crippen LogP contribution in [0.2, 0.25) is 0 Å². The summed E-state index contributed by atoms with van der Waals surface area (Å²) in [6, 6.07) is 0.863. The van der Waals surface area contributed by atoms with Crippen molar-refractivity contribution in [2.24, 2.45) is 0 Å². The quantitative estimate of drug-likeness (QED) is 0.655. The van der Waals surface area contributed by atoms with Gasteiger partial charge in [0.1, 0.15) is 11.6 Å². The number of amides is 1. The summed E-state index contributed by atoms with van der Waals surface area (Å²) in [7, 11) is 0. The molecule has 7 nitrogen and oxygen atoms in total. The Morgan fingerprint density at radius 1 is 1.40 bits per heavy atom. The second kappa shape index (κ2) is 5.43. The minimum Gasteiger partial charge on any atom is -0.347 e. The van der Waals surface area contributed by atoms with E-state index in [-0.39, 0.29) is 6.54 Å². The molecule has 2 N–H and O–H groups in total. The van der Waals surface area contributed by atoms with Crippen LogP contribution in [0.5, 0.6) is 0 Å². The lowest BCUT2D eigenvalue weighted by molar-refractivity contribution is -0.387. The van der Waals surface area contributed by atoms with Crippen molar-refractivity contribution in [1.29, 1.82) is 0 Å². The van der Waals surface area contributed by atoms with E-state index in [0.717, 1.165) is 0 Å². The minimum absolute atomic E-state index is 0.0174. The average Bonchev–Trinajstić information content (AvgIpc) is 2.88. The number of halogens is 2. The van der Waals surface area contributed by atoms with Gasteiger partial charge in [-0.15, -0.1) is 0 Å². The van der Waals surface area contributed by atoms with Crippen molar-refractivity contribution in [2.45, 2.75) is 6.54 Å². The summed E-state index contributed by atoms with van der Waals surface area (Å²) in [5, 5.41) is 12.9. The number of aromatic amines is 1. The molecule has 0 bridgehead atoms. The van der Waals surface area contributed by atoms with Gasteiger partial charge in [0.2, 0.25) is 5.82 Å². The van der Waals surface area contributed by atoms with Crippen LogP contribution in [0.4, 0.5) is 14.5 Å². The van der Waals surface area contributed by atoms with Crippen LogP contribution in [0.1, 0.15) is 16.2 Å². The summed E-state index contributed by atoms with van der Waals surface area (Å²) in [5.41, 5.74) is -1.57. The molecule has 0 aliphatic heterocycles. The van der Waals surface area contributed by atoms with E-state index >= 15 is 0 Å². The molecule has 1 amide bonds. The molecule has 0 atom stereocenters. The predicted octanol–water partition coefficient (Wildman–Crippen LogP) is 1.53. The highest BCUT2D eigenvalue weighted by atomic mass is 19.1. The Balaban J connectivity index is 2.21. The molecule has 20 heavy (non-hydrogen) atoms. The Morgan fingerprint density at radius 3 is 2.75 bits per heavy atom. The zero-order chi connectivity index (χ0) is 14.7. The molecular weight excluding hydrogens is 274 g/mol. The molecule has 0 spiro atoms. The van der Waals surface area contributed by atoms with Gasteiger partial charge >= 0.3 is 5.69 Å². The van der Waals surface area contributed by atoms with Gasteiger partial charge in [-0.1, -0.05) is 0 Å². The van der Waals surface area contributed by atoms with Gasteiger partial charge in [-0.25, -0.2) is 9.37 Å². The average molecular weight is 282 g/mol. The molecule has 2 rings (SSSR count). The molecule has 0 aliphatic rings. The molecule has 104 valence electrons. The molecule has 0 saturated carbocycles. The van der Waals surface area contributed by atoms with E-state index in [0.29, 0.717) is 18.0 Å². The summed E-state index contributed by atoms with van der Waals surface area (Å²) in [5.74, 6) is -2.99. The fraction of sp³-hybridized carbons (Fsp3) is 0.0909. The minimum atomic E-state index is -1.34. The standard InChI is InChI=1S/C11H8F2N4O3/c12-7-4-8(13)9(17(19)20)3-6(7)11(18)16-5-10-14-1-2-15-10/h1-4H,5H2,(H,14,15)(H,16,18). The van der Waals surface area contributed by atoms with E-state index in [9.17, 15) is 23.7 Å². The number of nitro benzene ring substituents is 1. The predicted molar refractivity (Wildman–Crippen MR) is 62.8 cm³/mol. The molecular formula is C11H8F2N4O3. The van der Waals surface area contributed by atoms with Crippen molar-refractivity contribution in [3.8, 4) is 0 Å². The van der Waals surface area contributed by atoms with Crippen LogP contribution in [0.15, 0.2) is 24.5 Å². The van der Waals surface area contributed by atoms with Crippen LogP contribution >= 0.6 is 0 Å². The Morgan fingerprint density at radius 2 is 2.15 bits per heavy atom. The van der Waals surface area contributed by atoms with Gasteiger partial charge in [0, 0.05) is 24.5 Å². The van der Waals surface area contributed by atoms with Crippen LogP contribution < -0.4 is 5.32 Å². The van der Waals surface area contributed by atoms with E-state index in [1.807, 2.05) is 0 Å². The molecule has 0 unspecified atom stereocenters. The van der Waals surface area contributed by atoms with Gasteiger partial charge in [-0.3, -0.25) is 14.9 Å². The molecule has 9 heteroatoms. The maximum absolute atomic E-state index is 13.5. The molecule has 1 heterocycles. The number of carbonyl (C=O) groups excluding carboxylic acids is 1. The van der Waals surface area contributed by atoms with Crippen LogP contribution in [0.25, 0.3) is 0 Å². The number of nitrogens with one attached hydrogen (secondary N) is 2. The first-order valence-corrected chi connectivity index (χ1v) is 5.39. The van der Waals surface area contributed by atoms with Crippen molar-refractivity contribution in [1.82, 2.24) is 15.3 Å². The number of rotatable bonds is 4. The van der Waals surface area contributed by atoms with E-state index < -0.39 is 33.7 Å². The van der Waals surface area contributed by atoms with E-state index in [2.05, 4.69) is 15.3 Å². The summed E-state index contributed by atoms with van der Waals surface area (Å²) >= 11 is 0. The maximum atomic E-state index is 13.5.